The van der Waals surface area contributed by atoms with Crippen LogP contribution < -0.4 is 4.90 Å². The van der Waals surface area contributed by atoms with Crippen LogP contribution in [0.5, 0.6) is 0 Å². The molecule has 0 saturated heterocycles. The van der Waals surface area contributed by atoms with Crippen molar-refractivity contribution < 1.29 is 0 Å². The number of hydrogen-bond donors (Lipinski definition) is 0. The van der Waals surface area contributed by atoms with Gasteiger partial charge in [-0.1, -0.05) is 202 Å². The first-order valence-corrected chi connectivity index (χ1v) is 22.8. The predicted octanol–water partition coefficient (Wildman–Crippen LogP) is 16.8. The number of benzene rings is 10. The summed E-state index contributed by atoms with van der Waals surface area (Å²) >= 11 is 0. The largest absolute Gasteiger partial charge is 0.310 e. The molecular formula is C64H45N. The zero-order valence-corrected chi connectivity index (χ0v) is 36.5. The van der Waals surface area contributed by atoms with Gasteiger partial charge < -0.3 is 4.90 Å². The van der Waals surface area contributed by atoms with Crippen LogP contribution in [-0.4, -0.2) is 0 Å². The maximum atomic E-state index is 2.44. The Morgan fingerprint density at radius 3 is 1.23 bits per heavy atom. The molecule has 3 aliphatic rings. The van der Waals surface area contributed by atoms with Gasteiger partial charge in [-0.15, -0.1) is 0 Å². The molecule has 0 aliphatic heterocycles. The topological polar surface area (TPSA) is 3.24 Å². The van der Waals surface area contributed by atoms with Crippen LogP contribution in [0.25, 0.3) is 66.8 Å². The van der Waals surface area contributed by atoms with E-state index >= 15 is 0 Å². The van der Waals surface area contributed by atoms with Crippen LogP contribution in [0, 0.1) is 0 Å². The lowest BCUT2D eigenvalue weighted by Crippen LogP contribution is -2.25. The van der Waals surface area contributed by atoms with Crippen molar-refractivity contribution in [3.8, 4) is 66.8 Å². The lowest BCUT2D eigenvalue weighted by atomic mass is 9.70. The highest BCUT2D eigenvalue weighted by molar-refractivity contribution is 5.96. The molecule has 1 heteroatoms. The highest BCUT2D eigenvalue weighted by Crippen LogP contribution is 2.63. The number of anilines is 3. The summed E-state index contributed by atoms with van der Waals surface area (Å²) < 4.78 is 0. The SMILES string of the molecule is CC1(C)c2ccccc2-c2ccc(N(c3ccc(-c4ccccc4)cc3)c3ccc(-c4cccc(-c5ccc6c(c5)-c5ccccc5C65c6ccccc6-c6ccccc65)c4)cc3)cc21. The monoisotopic (exact) mass is 827 g/mol. The summed E-state index contributed by atoms with van der Waals surface area (Å²) in [7, 11) is 0. The molecule has 0 bridgehead atoms. The molecule has 0 fully saturated rings. The molecule has 0 unspecified atom stereocenters. The fraction of sp³-hybridized carbons (Fsp3) is 0.0625. The van der Waals surface area contributed by atoms with Gasteiger partial charge in [0.2, 0.25) is 0 Å². The Morgan fingerprint density at radius 2 is 0.631 bits per heavy atom. The van der Waals surface area contributed by atoms with Crippen molar-refractivity contribution >= 4 is 17.1 Å². The van der Waals surface area contributed by atoms with Crippen LogP contribution in [-0.2, 0) is 10.8 Å². The van der Waals surface area contributed by atoms with Crippen LogP contribution in [0.3, 0.4) is 0 Å². The van der Waals surface area contributed by atoms with Gasteiger partial charge in [0.05, 0.1) is 5.41 Å². The average molecular weight is 828 g/mol. The lowest BCUT2D eigenvalue weighted by molar-refractivity contribution is 0.660. The van der Waals surface area contributed by atoms with E-state index < -0.39 is 0 Å². The minimum Gasteiger partial charge on any atom is -0.310 e. The quantitative estimate of drug-likeness (QED) is 0.161. The smallest absolute Gasteiger partial charge is 0.0725 e. The zero-order valence-electron chi connectivity index (χ0n) is 36.5. The minimum atomic E-state index is -0.333. The van der Waals surface area contributed by atoms with Crippen LogP contribution in [0.15, 0.2) is 237 Å². The Kier molecular flexibility index (Phi) is 8.24. The molecule has 0 amide bonds. The summed E-state index contributed by atoms with van der Waals surface area (Å²) in [4.78, 5) is 2.41. The molecule has 0 atom stereocenters. The van der Waals surface area contributed by atoms with E-state index in [4.69, 9.17) is 0 Å². The van der Waals surface area contributed by atoms with Gasteiger partial charge in [0.1, 0.15) is 0 Å². The minimum absolute atomic E-state index is 0.101. The van der Waals surface area contributed by atoms with Crippen molar-refractivity contribution in [1.29, 1.82) is 0 Å². The fourth-order valence-electron chi connectivity index (χ4n) is 11.7. The maximum Gasteiger partial charge on any atom is 0.0725 e. The van der Waals surface area contributed by atoms with E-state index in [0.717, 1.165) is 17.1 Å². The zero-order chi connectivity index (χ0) is 43.3. The van der Waals surface area contributed by atoms with Crippen molar-refractivity contribution in [2.45, 2.75) is 24.7 Å². The highest BCUT2D eigenvalue weighted by Gasteiger charge is 2.51. The first kappa shape index (κ1) is 37.5. The molecule has 0 aromatic heterocycles. The number of rotatable bonds is 6. The number of nitrogens with zero attached hydrogens (tertiary/aromatic N) is 1. The van der Waals surface area contributed by atoms with E-state index in [1.807, 2.05) is 0 Å². The molecule has 1 nitrogen and oxygen atoms in total. The van der Waals surface area contributed by atoms with Crippen molar-refractivity contribution in [1.82, 2.24) is 0 Å². The second-order valence-electron chi connectivity index (χ2n) is 18.4. The number of fused-ring (bicyclic) bond motifs is 13. The van der Waals surface area contributed by atoms with E-state index in [9.17, 15) is 0 Å². The van der Waals surface area contributed by atoms with Crippen molar-refractivity contribution in [2.75, 3.05) is 4.90 Å². The molecule has 306 valence electrons. The van der Waals surface area contributed by atoms with Crippen LogP contribution in [0.4, 0.5) is 17.1 Å². The molecule has 0 radical (unpaired) electrons. The summed E-state index contributed by atoms with van der Waals surface area (Å²) in [6.07, 6.45) is 0. The van der Waals surface area contributed by atoms with Crippen LogP contribution >= 0.6 is 0 Å². The predicted molar refractivity (Wildman–Crippen MR) is 271 cm³/mol. The molecule has 10 aromatic rings. The Labute approximate surface area is 381 Å². The van der Waals surface area contributed by atoms with E-state index in [0.29, 0.717) is 0 Å². The van der Waals surface area contributed by atoms with E-state index in [2.05, 4.69) is 255 Å². The third kappa shape index (κ3) is 5.52. The van der Waals surface area contributed by atoms with Gasteiger partial charge in [0.25, 0.3) is 0 Å². The Hall–Kier alpha value is -8.00. The van der Waals surface area contributed by atoms with Crippen molar-refractivity contribution in [3.63, 3.8) is 0 Å². The van der Waals surface area contributed by atoms with Crippen molar-refractivity contribution in [2.24, 2.45) is 0 Å². The van der Waals surface area contributed by atoms with Gasteiger partial charge in [-0.25, -0.2) is 0 Å². The molecule has 0 heterocycles. The molecule has 65 heavy (non-hydrogen) atoms. The summed E-state index contributed by atoms with van der Waals surface area (Å²) in [6.45, 7) is 4.71. The summed E-state index contributed by atoms with van der Waals surface area (Å²) in [5, 5.41) is 0. The maximum absolute atomic E-state index is 2.44. The molecule has 0 N–H and O–H groups in total. The Balaban J connectivity index is 0.875. The van der Waals surface area contributed by atoms with Gasteiger partial charge in [0.15, 0.2) is 0 Å². The molecular weight excluding hydrogens is 783 g/mol. The summed E-state index contributed by atoms with van der Waals surface area (Å²) in [6, 6.07) is 88.0. The number of hydrogen-bond acceptors (Lipinski definition) is 1. The van der Waals surface area contributed by atoms with E-state index in [1.165, 1.54) is 100 Å². The second-order valence-corrected chi connectivity index (χ2v) is 18.4. The third-order valence-electron chi connectivity index (χ3n) is 14.7. The molecule has 3 aliphatic carbocycles. The van der Waals surface area contributed by atoms with Crippen molar-refractivity contribution in [3.05, 3.63) is 270 Å². The first-order chi connectivity index (χ1) is 32.0. The Bertz CT molecular complexity index is 3460. The Morgan fingerprint density at radius 1 is 0.246 bits per heavy atom. The summed E-state index contributed by atoms with van der Waals surface area (Å²) in [5.41, 5.74) is 26.4. The van der Waals surface area contributed by atoms with Crippen LogP contribution in [0.1, 0.15) is 47.2 Å². The van der Waals surface area contributed by atoms with Gasteiger partial charge in [0, 0.05) is 22.5 Å². The van der Waals surface area contributed by atoms with E-state index in [1.54, 1.807) is 0 Å². The second kappa shape index (κ2) is 14.3. The van der Waals surface area contributed by atoms with E-state index in [-0.39, 0.29) is 10.8 Å². The van der Waals surface area contributed by atoms with Gasteiger partial charge in [-0.3, -0.25) is 0 Å². The highest BCUT2D eigenvalue weighted by atomic mass is 15.1. The first-order valence-electron chi connectivity index (χ1n) is 22.8. The van der Waals surface area contributed by atoms with Gasteiger partial charge in [-0.2, -0.15) is 0 Å². The summed E-state index contributed by atoms with van der Waals surface area (Å²) in [5.74, 6) is 0. The average Bonchev–Trinajstić information content (AvgIpc) is 3.93. The van der Waals surface area contributed by atoms with Crippen LogP contribution in [0.2, 0.25) is 0 Å². The lowest BCUT2D eigenvalue weighted by Gasteiger charge is -2.30. The molecule has 0 saturated carbocycles. The molecule has 10 aromatic carbocycles. The standard InChI is InChI=1S/C64H45N/c1-63(2)57-23-10-6-19-51(57)55-37-36-50(41-62(55)63)65(48-32-27-43(28-33-48)42-15-4-3-5-16-42)49-34-29-44(30-35-49)45-17-14-18-46(39-45)47-31-38-61-56(40-47)54-22-9-13-26-60(54)64(61)58-24-11-7-20-52(58)53-21-8-12-25-59(53)64/h3-41H,1-2H3. The fourth-order valence-corrected chi connectivity index (χ4v) is 11.7. The molecule has 1 spiro atoms. The third-order valence-corrected chi connectivity index (χ3v) is 14.7. The van der Waals surface area contributed by atoms with Gasteiger partial charge >= 0.3 is 0 Å². The van der Waals surface area contributed by atoms with Gasteiger partial charge in [-0.05, 0) is 149 Å². The normalized spacial score (nSPS) is 13.9. The molecule has 13 rings (SSSR count).